The molecule has 2 aliphatic rings. The summed E-state index contributed by atoms with van der Waals surface area (Å²) in [6, 6.07) is 17.2. The molecule has 0 N–H and O–H groups in total. The third-order valence-corrected chi connectivity index (χ3v) is 7.74. The van der Waals surface area contributed by atoms with Crippen LogP contribution in [0.2, 0.25) is 5.02 Å². The quantitative estimate of drug-likeness (QED) is 0.392. The minimum absolute atomic E-state index is 0.0965. The highest BCUT2D eigenvalue weighted by Crippen LogP contribution is 2.32. The minimum Gasteiger partial charge on any atom is -0.249 e. The fraction of sp³-hybridized carbons (Fsp3) is 0.417. The van der Waals surface area contributed by atoms with Gasteiger partial charge in [-0.05, 0) is 29.7 Å². The maximum Gasteiger partial charge on any atom is 0.324 e. The van der Waals surface area contributed by atoms with Gasteiger partial charge < -0.3 is 0 Å². The van der Waals surface area contributed by atoms with Crippen molar-refractivity contribution >= 4 is 33.4 Å². The average Bonchev–Trinajstić information content (AvgIpc) is 3.25. The first-order valence-corrected chi connectivity index (χ1v) is 13.1. The normalized spacial score (nSPS) is 21.5. The zero-order valence-electron chi connectivity index (χ0n) is 18.9. The molecule has 1 atom stereocenters. The van der Waals surface area contributed by atoms with Crippen LogP contribution in [0.4, 0.5) is 8.78 Å². The summed E-state index contributed by atoms with van der Waals surface area (Å²) in [4.78, 5) is 0. The lowest BCUT2D eigenvalue weighted by Gasteiger charge is -2.29. The first-order valence-electron chi connectivity index (χ1n) is 11.3. The molecule has 2 aliphatic heterocycles. The van der Waals surface area contributed by atoms with Crippen molar-refractivity contribution in [3.05, 3.63) is 70.7 Å². The van der Waals surface area contributed by atoms with Crippen molar-refractivity contribution in [2.24, 2.45) is 9.50 Å². The first-order chi connectivity index (χ1) is 16.2. The third kappa shape index (κ3) is 5.64. The van der Waals surface area contributed by atoms with Crippen molar-refractivity contribution in [3.63, 3.8) is 0 Å². The van der Waals surface area contributed by atoms with Gasteiger partial charge in [0.05, 0.1) is 12.3 Å². The summed E-state index contributed by atoms with van der Waals surface area (Å²) >= 11 is 6.07. The Labute approximate surface area is 204 Å². The minimum atomic E-state index is -4.10. The summed E-state index contributed by atoms with van der Waals surface area (Å²) in [7, 11) is -4.10. The fourth-order valence-electron chi connectivity index (χ4n) is 4.17. The summed E-state index contributed by atoms with van der Waals surface area (Å²) < 4.78 is 58.2. The standard InChI is InChI=1S/C24H27ClF2N4O2S/c1-2-6-22(29-34(32,33)30-15-13-24(26,27)14-16-30)31-17-21(18-7-4-3-5-8-18)23(28-31)19-9-11-20(25)12-10-19/h3-5,7-12,21H,2,6,13-17H2,1H3. The van der Waals surface area contributed by atoms with E-state index in [4.69, 9.17) is 16.7 Å². The predicted octanol–water partition coefficient (Wildman–Crippen LogP) is 5.32. The summed E-state index contributed by atoms with van der Waals surface area (Å²) in [5, 5.41) is 7.04. The van der Waals surface area contributed by atoms with Crippen LogP contribution >= 0.6 is 11.6 Å². The molecule has 0 spiro atoms. The van der Waals surface area contributed by atoms with Gasteiger partial charge in [-0.3, -0.25) is 0 Å². The molecule has 0 aliphatic carbocycles. The zero-order valence-corrected chi connectivity index (χ0v) is 20.4. The molecule has 0 saturated carbocycles. The Hall–Kier alpha value is -2.36. The van der Waals surface area contributed by atoms with E-state index in [1.807, 2.05) is 49.4 Å². The molecule has 4 rings (SSSR count). The van der Waals surface area contributed by atoms with Crippen molar-refractivity contribution in [3.8, 4) is 0 Å². The number of rotatable bonds is 6. The lowest BCUT2D eigenvalue weighted by Crippen LogP contribution is -2.42. The van der Waals surface area contributed by atoms with E-state index in [9.17, 15) is 17.2 Å². The second-order valence-corrected chi connectivity index (χ2v) is 10.6. The molecule has 0 radical (unpaired) electrons. The number of amidine groups is 1. The molecule has 1 fully saturated rings. The number of benzene rings is 2. The Kier molecular flexibility index (Phi) is 7.35. The van der Waals surface area contributed by atoms with E-state index in [0.717, 1.165) is 21.1 Å². The Morgan fingerprint density at radius 2 is 1.76 bits per heavy atom. The fourth-order valence-corrected chi connectivity index (χ4v) is 5.51. The molecule has 0 amide bonds. The lowest BCUT2D eigenvalue weighted by atomic mass is 9.90. The van der Waals surface area contributed by atoms with Crippen molar-refractivity contribution in [1.29, 1.82) is 0 Å². The van der Waals surface area contributed by atoms with Crippen LogP contribution in [0.15, 0.2) is 64.1 Å². The Bertz CT molecular complexity index is 1160. The summed E-state index contributed by atoms with van der Waals surface area (Å²) in [6.45, 7) is 1.86. The van der Waals surface area contributed by atoms with E-state index in [2.05, 4.69) is 4.40 Å². The van der Waals surface area contributed by atoms with Gasteiger partial charge in [0.2, 0.25) is 0 Å². The van der Waals surface area contributed by atoms with Gasteiger partial charge in [0.25, 0.3) is 5.92 Å². The second-order valence-electron chi connectivity index (χ2n) is 8.53. The molecular weight excluding hydrogens is 482 g/mol. The molecule has 0 bridgehead atoms. The molecular formula is C24H27ClF2N4O2S. The largest absolute Gasteiger partial charge is 0.324 e. The predicted molar refractivity (Wildman–Crippen MR) is 131 cm³/mol. The molecule has 1 unspecified atom stereocenters. The van der Waals surface area contributed by atoms with Crippen LogP contribution in [0.1, 0.15) is 49.7 Å². The lowest BCUT2D eigenvalue weighted by molar-refractivity contribution is -0.0411. The van der Waals surface area contributed by atoms with Crippen LogP contribution in [0.5, 0.6) is 0 Å². The average molecular weight is 509 g/mol. The zero-order chi connectivity index (χ0) is 24.3. The Morgan fingerprint density at radius 3 is 2.38 bits per heavy atom. The van der Waals surface area contributed by atoms with Crippen molar-refractivity contribution in [2.45, 2.75) is 44.4 Å². The van der Waals surface area contributed by atoms with Crippen LogP contribution in [-0.2, 0) is 10.2 Å². The Balaban J connectivity index is 1.67. The van der Waals surface area contributed by atoms with Crippen molar-refractivity contribution in [2.75, 3.05) is 19.6 Å². The second kappa shape index (κ2) is 10.1. The van der Waals surface area contributed by atoms with Gasteiger partial charge in [-0.2, -0.15) is 17.8 Å². The van der Waals surface area contributed by atoms with E-state index < -0.39 is 29.0 Å². The molecule has 0 aromatic heterocycles. The molecule has 10 heteroatoms. The van der Waals surface area contributed by atoms with Gasteiger partial charge in [0.15, 0.2) is 0 Å². The highest BCUT2D eigenvalue weighted by molar-refractivity contribution is 7.87. The molecule has 2 aromatic carbocycles. The van der Waals surface area contributed by atoms with Crippen molar-refractivity contribution < 1.29 is 17.2 Å². The number of nitrogens with zero attached hydrogens (tertiary/aromatic N) is 4. The van der Waals surface area contributed by atoms with E-state index in [1.165, 1.54) is 0 Å². The van der Waals surface area contributed by atoms with Crippen LogP contribution in [0.25, 0.3) is 0 Å². The number of hydrazone groups is 1. The number of piperidine rings is 1. The SMILES string of the molecule is CCCC(=NS(=O)(=O)N1CCC(F)(F)CC1)N1CC(c2ccccc2)C(c2ccc(Cl)cc2)=N1. The number of hydrogen-bond acceptors (Lipinski definition) is 3. The van der Waals surface area contributed by atoms with E-state index >= 15 is 0 Å². The van der Waals surface area contributed by atoms with E-state index in [0.29, 0.717) is 30.2 Å². The molecule has 34 heavy (non-hydrogen) atoms. The van der Waals surface area contributed by atoms with E-state index in [1.54, 1.807) is 17.1 Å². The highest BCUT2D eigenvalue weighted by Gasteiger charge is 2.39. The smallest absolute Gasteiger partial charge is 0.249 e. The van der Waals surface area contributed by atoms with Gasteiger partial charge in [-0.15, -0.1) is 4.40 Å². The first kappa shape index (κ1) is 24.8. The molecule has 2 aromatic rings. The van der Waals surface area contributed by atoms with Crippen LogP contribution in [-0.4, -0.2) is 54.8 Å². The number of hydrogen-bond donors (Lipinski definition) is 0. The number of alkyl halides is 2. The van der Waals surface area contributed by atoms with Crippen LogP contribution in [0.3, 0.4) is 0 Å². The van der Waals surface area contributed by atoms with Crippen LogP contribution in [0, 0.1) is 0 Å². The topological polar surface area (TPSA) is 65.3 Å². The van der Waals surface area contributed by atoms with Gasteiger partial charge in [0, 0.05) is 43.3 Å². The maximum atomic E-state index is 13.5. The molecule has 6 nitrogen and oxygen atoms in total. The van der Waals surface area contributed by atoms with Gasteiger partial charge in [0.1, 0.15) is 5.84 Å². The maximum absolute atomic E-state index is 13.5. The summed E-state index contributed by atoms with van der Waals surface area (Å²) in [5.74, 6) is -2.62. The number of halogens is 3. The summed E-state index contributed by atoms with van der Waals surface area (Å²) in [5.41, 5.74) is 2.73. The van der Waals surface area contributed by atoms with E-state index in [-0.39, 0.29) is 19.0 Å². The monoisotopic (exact) mass is 508 g/mol. The highest BCUT2D eigenvalue weighted by atomic mass is 35.5. The summed E-state index contributed by atoms with van der Waals surface area (Å²) in [6.07, 6.45) is 0.0555. The van der Waals surface area contributed by atoms with Gasteiger partial charge in [-0.25, -0.2) is 13.8 Å². The molecule has 2 heterocycles. The molecule has 1 saturated heterocycles. The van der Waals surface area contributed by atoms with Gasteiger partial charge in [-0.1, -0.05) is 61.0 Å². The van der Waals surface area contributed by atoms with Gasteiger partial charge >= 0.3 is 10.2 Å². The van der Waals surface area contributed by atoms with Crippen molar-refractivity contribution in [1.82, 2.24) is 9.31 Å². The molecule has 182 valence electrons. The third-order valence-electron chi connectivity index (χ3n) is 6.03. The van der Waals surface area contributed by atoms with Crippen LogP contribution < -0.4 is 0 Å². The Morgan fingerprint density at radius 1 is 1.12 bits per heavy atom.